The summed E-state index contributed by atoms with van der Waals surface area (Å²) in [6, 6.07) is 1.32. The molecule has 1 aromatic heterocycles. The van der Waals surface area contributed by atoms with E-state index in [0.29, 0.717) is 0 Å². The van der Waals surface area contributed by atoms with Gasteiger partial charge in [0.15, 0.2) is 5.43 Å². The lowest BCUT2D eigenvalue weighted by molar-refractivity contribution is -0.112. The fourth-order valence-electron chi connectivity index (χ4n) is 0.643. The molecule has 0 aliphatic rings. The summed E-state index contributed by atoms with van der Waals surface area (Å²) in [4.78, 5) is 23.8. The van der Waals surface area contributed by atoms with Gasteiger partial charge in [0.05, 0.1) is 5.56 Å². The molecule has 1 aromatic rings. The maximum absolute atomic E-state index is 11.0. The summed E-state index contributed by atoms with van der Waals surface area (Å²) in [7, 11) is 0. The van der Waals surface area contributed by atoms with Crippen molar-refractivity contribution in [1.29, 1.82) is 0 Å². The van der Waals surface area contributed by atoms with Gasteiger partial charge in [0.1, 0.15) is 0 Å². The zero-order valence-electron chi connectivity index (χ0n) is 6.13. The van der Waals surface area contributed by atoms with E-state index >= 15 is 0 Å². The first-order valence-corrected chi connectivity index (χ1v) is 3.18. The minimum absolute atomic E-state index is 0.233. The fourth-order valence-corrected chi connectivity index (χ4v) is 0.643. The number of hydrogen-bond acceptors (Lipinski definition) is 2. The molecular formula is C8H6N2O2. The Kier molecular flexibility index (Phi) is 2.29. The predicted octanol–water partition coefficient (Wildman–Crippen LogP) is -0.788. The summed E-state index contributed by atoms with van der Waals surface area (Å²) >= 11 is 0. The second-order valence-electron chi connectivity index (χ2n) is 2.04. The van der Waals surface area contributed by atoms with E-state index in [1.165, 1.54) is 18.5 Å². The molecule has 0 radical (unpaired) electrons. The molecule has 1 rings (SSSR count). The van der Waals surface area contributed by atoms with Gasteiger partial charge in [0.25, 0.3) is 5.91 Å². The maximum Gasteiger partial charge on any atom is 0.293 e. The second-order valence-corrected chi connectivity index (χ2v) is 2.04. The Bertz CT molecular complexity index is 409. The number of hydrogen-bond donors (Lipinski definition) is 2. The first-order valence-electron chi connectivity index (χ1n) is 3.18. The Balaban J connectivity index is 3.08. The highest BCUT2D eigenvalue weighted by molar-refractivity contribution is 5.92. The van der Waals surface area contributed by atoms with Crippen molar-refractivity contribution >= 4 is 5.91 Å². The molecule has 0 fully saturated rings. The number of nitrogens with two attached hydrogens (primary N) is 1. The van der Waals surface area contributed by atoms with Gasteiger partial charge in [-0.1, -0.05) is 5.92 Å². The highest BCUT2D eigenvalue weighted by atomic mass is 16.1. The molecule has 60 valence electrons. The number of pyridine rings is 1. The van der Waals surface area contributed by atoms with Crippen LogP contribution in [0.4, 0.5) is 0 Å². The number of primary amides is 1. The first kappa shape index (κ1) is 8.08. The van der Waals surface area contributed by atoms with Crippen molar-refractivity contribution < 1.29 is 4.79 Å². The average molecular weight is 162 g/mol. The summed E-state index contributed by atoms with van der Waals surface area (Å²) in [5.41, 5.74) is 4.76. The standard InChI is InChI=1S/C8H6N2O2/c9-8(12)2-1-6-5-10-4-3-7(6)11/h3-5H,(H2,9,12)(H,10,11). The highest BCUT2D eigenvalue weighted by Crippen LogP contribution is 1.82. The van der Waals surface area contributed by atoms with Gasteiger partial charge in [0, 0.05) is 24.4 Å². The molecule has 0 atom stereocenters. The summed E-state index contributed by atoms with van der Waals surface area (Å²) in [6.45, 7) is 0. The zero-order valence-corrected chi connectivity index (χ0v) is 6.13. The lowest BCUT2D eigenvalue weighted by Crippen LogP contribution is -2.08. The quantitative estimate of drug-likeness (QED) is 0.490. The number of carbonyl (C=O) groups excluding carboxylic acids is 1. The minimum atomic E-state index is -0.752. The molecule has 0 bridgehead atoms. The van der Waals surface area contributed by atoms with Gasteiger partial charge in [-0.2, -0.15) is 0 Å². The van der Waals surface area contributed by atoms with E-state index in [1.807, 2.05) is 0 Å². The van der Waals surface area contributed by atoms with Crippen LogP contribution in [0.5, 0.6) is 0 Å². The minimum Gasteiger partial charge on any atom is -0.366 e. The van der Waals surface area contributed by atoms with E-state index in [1.54, 1.807) is 0 Å². The van der Waals surface area contributed by atoms with Crippen molar-refractivity contribution in [2.45, 2.75) is 0 Å². The molecule has 12 heavy (non-hydrogen) atoms. The molecule has 3 N–H and O–H groups in total. The zero-order chi connectivity index (χ0) is 8.97. The summed E-state index contributed by atoms with van der Waals surface area (Å²) in [6.07, 6.45) is 2.90. The molecule has 0 aliphatic carbocycles. The van der Waals surface area contributed by atoms with Crippen LogP contribution >= 0.6 is 0 Å². The van der Waals surface area contributed by atoms with Gasteiger partial charge in [0.2, 0.25) is 0 Å². The lowest BCUT2D eigenvalue weighted by Gasteiger charge is -1.84. The highest BCUT2D eigenvalue weighted by Gasteiger charge is 1.91. The molecule has 0 saturated heterocycles. The van der Waals surface area contributed by atoms with Crippen molar-refractivity contribution in [1.82, 2.24) is 4.98 Å². The number of aromatic nitrogens is 1. The van der Waals surface area contributed by atoms with E-state index in [4.69, 9.17) is 5.73 Å². The van der Waals surface area contributed by atoms with Gasteiger partial charge in [-0.3, -0.25) is 9.59 Å². The van der Waals surface area contributed by atoms with Crippen LogP contribution in [-0.4, -0.2) is 10.9 Å². The van der Waals surface area contributed by atoms with Crippen molar-refractivity contribution in [3.63, 3.8) is 0 Å². The third-order valence-electron chi connectivity index (χ3n) is 1.14. The van der Waals surface area contributed by atoms with Crippen LogP contribution in [0.1, 0.15) is 5.56 Å². The second kappa shape index (κ2) is 3.39. The van der Waals surface area contributed by atoms with Crippen molar-refractivity contribution in [3.8, 4) is 11.8 Å². The molecule has 0 unspecified atom stereocenters. The number of H-pyrrole nitrogens is 1. The van der Waals surface area contributed by atoms with Gasteiger partial charge >= 0.3 is 0 Å². The number of rotatable bonds is 0. The van der Waals surface area contributed by atoms with E-state index in [0.717, 1.165) is 0 Å². The average Bonchev–Trinajstić information content (AvgIpc) is 2.03. The Morgan fingerprint density at radius 2 is 2.33 bits per heavy atom. The van der Waals surface area contributed by atoms with Crippen LogP contribution in [0, 0.1) is 11.8 Å². The molecule has 0 aromatic carbocycles. The molecule has 1 amide bonds. The molecule has 4 nitrogen and oxygen atoms in total. The normalized spacial score (nSPS) is 8.33. The Morgan fingerprint density at radius 1 is 1.58 bits per heavy atom. The van der Waals surface area contributed by atoms with Crippen molar-refractivity contribution in [3.05, 3.63) is 34.2 Å². The molecule has 1 heterocycles. The molecule has 0 saturated carbocycles. The fraction of sp³-hybridized carbons (Fsp3) is 0. The Labute approximate surface area is 68.4 Å². The van der Waals surface area contributed by atoms with Gasteiger partial charge in [-0.25, -0.2) is 0 Å². The summed E-state index contributed by atoms with van der Waals surface area (Å²) < 4.78 is 0. The smallest absolute Gasteiger partial charge is 0.293 e. The molecular weight excluding hydrogens is 156 g/mol. The van der Waals surface area contributed by atoms with Crippen LogP contribution in [0.3, 0.4) is 0 Å². The van der Waals surface area contributed by atoms with E-state index in [-0.39, 0.29) is 11.0 Å². The molecule has 4 heteroatoms. The van der Waals surface area contributed by atoms with Crippen LogP contribution in [-0.2, 0) is 4.79 Å². The van der Waals surface area contributed by atoms with Crippen molar-refractivity contribution in [2.24, 2.45) is 5.73 Å². The molecule has 0 aliphatic heterocycles. The predicted molar refractivity (Wildman–Crippen MR) is 43.1 cm³/mol. The van der Waals surface area contributed by atoms with Crippen LogP contribution in [0.15, 0.2) is 23.3 Å². The first-order chi connectivity index (χ1) is 5.70. The number of nitrogens with one attached hydrogen (secondary N) is 1. The SMILES string of the molecule is NC(=O)C#Cc1c[nH]ccc1=O. The topological polar surface area (TPSA) is 76.0 Å². The van der Waals surface area contributed by atoms with E-state index < -0.39 is 5.91 Å². The van der Waals surface area contributed by atoms with Crippen LogP contribution < -0.4 is 11.2 Å². The number of amides is 1. The third-order valence-corrected chi connectivity index (χ3v) is 1.14. The van der Waals surface area contributed by atoms with Crippen LogP contribution in [0.2, 0.25) is 0 Å². The monoisotopic (exact) mass is 162 g/mol. The summed E-state index contributed by atoms with van der Waals surface area (Å²) in [5, 5.41) is 0. The summed E-state index contributed by atoms with van der Waals surface area (Å²) in [5.74, 6) is 3.66. The Hall–Kier alpha value is -2.02. The Morgan fingerprint density at radius 3 is 2.92 bits per heavy atom. The largest absolute Gasteiger partial charge is 0.366 e. The third kappa shape index (κ3) is 1.99. The van der Waals surface area contributed by atoms with Gasteiger partial charge in [-0.15, -0.1) is 0 Å². The van der Waals surface area contributed by atoms with E-state index in [2.05, 4.69) is 16.8 Å². The molecule has 0 spiro atoms. The van der Waals surface area contributed by atoms with Crippen LogP contribution in [0.25, 0.3) is 0 Å². The lowest BCUT2D eigenvalue weighted by atomic mass is 10.3. The van der Waals surface area contributed by atoms with Crippen molar-refractivity contribution in [2.75, 3.05) is 0 Å². The number of aromatic amines is 1. The van der Waals surface area contributed by atoms with Gasteiger partial charge in [-0.05, 0) is 0 Å². The van der Waals surface area contributed by atoms with E-state index in [9.17, 15) is 9.59 Å². The maximum atomic E-state index is 11.0. The van der Waals surface area contributed by atoms with Gasteiger partial charge < -0.3 is 10.7 Å². The number of carbonyl (C=O) groups is 1.